The van der Waals surface area contributed by atoms with Crippen molar-refractivity contribution in [3.63, 3.8) is 0 Å². The minimum atomic E-state index is -3.65. The topological polar surface area (TPSA) is 72.6 Å². The van der Waals surface area contributed by atoms with Crippen LogP contribution in [-0.2, 0) is 10.0 Å². The van der Waals surface area contributed by atoms with Gasteiger partial charge in [0.25, 0.3) is 0 Å². The van der Waals surface area contributed by atoms with Crippen molar-refractivity contribution in [3.8, 4) is 5.75 Å². The van der Waals surface area contributed by atoms with E-state index in [2.05, 4.69) is 0 Å². The van der Waals surface area contributed by atoms with E-state index in [0.717, 1.165) is 12.8 Å². The third-order valence-electron chi connectivity index (χ3n) is 4.02. The van der Waals surface area contributed by atoms with Crippen LogP contribution in [0, 0.1) is 5.92 Å². The van der Waals surface area contributed by atoms with Gasteiger partial charge in [-0.25, -0.2) is 8.42 Å². The number of methoxy groups -OCH3 is 1. The molecule has 1 aromatic rings. The van der Waals surface area contributed by atoms with E-state index in [9.17, 15) is 8.42 Å². The number of rotatable bonds is 4. The average Bonchev–Trinajstić information content (AvgIpc) is 2.46. The summed E-state index contributed by atoms with van der Waals surface area (Å²) in [5, 5.41) is 0.438. The van der Waals surface area contributed by atoms with Crippen LogP contribution in [0.4, 0.5) is 0 Å². The number of hydrogen-bond donors (Lipinski definition) is 1. The van der Waals surface area contributed by atoms with Gasteiger partial charge in [-0.15, -0.1) is 0 Å². The Morgan fingerprint density at radius 1 is 1.48 bits per heavy atom. The van der Waals surface area contributed by atoms with Crippen molar-refractivity contribution in [1.29, 1.82) is 0 Å². The molecule has 1 fully saturated rings. The number of benzene rings is 1. The molecule has 0 saturated carbocycles. The normalized spacial score (nSPS) is 24.0. The lowest BCUT2D eigenvalue weighted by Gasteiger charge is -2.38. The number of halogens is 1. The van der Waals surface area contributed by atoms with Crippen LogP contribution in [0.25, 0.3) is 0 Å². The zero-order valence-corrected chi connectivity index (χ0v) is 13.8. The first-order valence-corrected chi connectivity index (χ1v) is 8.79. The van der Waals surface area contributed by atoms with E-state index < -0.39 is 10.0 Å². The van der Waals surface area contributed by atoms with E-state index in [1.54, 1.807) is 6.07 Å². The van der Waals surface area contributed by atoms with E-state index in [0.29, 0.717) is 18.1 Å². The first kappa shape index (κ1) is 16.5. The Kier molecular flexibility index (Phi) is 5.14. The van der Waals surface area contributed by atoms with Crippen molar-refractivity contribution in [1.82, 2.24) is 4.31 Å². The average molecular weight is 333 g/mol. The molecular weight excluding hydrogens is 312 g/mol. The standard InChI is InChI=1S/C14H21ClN2O3S/c1-10-4-3-7-17(12(10)9-16)21(18,19)14-6-5-11(15)8-13(14)20-2/h5-6,8,10,12H,3-4,7,9,16H2,1-2H3. The largest absolute Gasteiger partial charge is 0.495 e. The summed E-state index contributed by atoms with van der Waals surface area (Å²) in [5.74, 6) is 0.508. The van der Waals surface area contributed by atoms with E-state index >= 15 is 0 Å². The van der Waals surface area contributed by atoms with Crippen LogP contribution < -0.4 is 10.5 Å². The third-order valence-corrected chi connectivity index (χ3v) is 6.22. The molecule has 0 aromatic heterocycles. The molecule has 7 heteroatoms. The van der Waals surface area contributed by atoms with Crippen molar-refractivity contribution in [3.05, 3.63) is 23.2 Å². The lowest BCUT2D eigenvalue weighted by molar-refractivity contribution is 0.192. The first-order chi connectivity index (χ1) is 9.91. The van der Waals surface area contributed by atoms with Gasteiger partial charge >= 0.3 is 0 Å². The predicted octanol–water partition coefficient (Wildman–Crippen LogP) is 2.10. The molecule has 5 nitrogen and oxygen atoms in total. The van der Waals surface area contributed by atoms with Gasteiger partial charge in [0.2, 0.25) is 10.0 Å². The monoisotopic (exact) mass is 332 g/mol. The zero-order chi connectivity index (χ0) is 15.6. The smallest absolute Gasteiger partial charge is 0.247 e. The number of piperidine rings is 1. The van der Waals surface area contributed by atoms with Gasteiger partial charge in [0.05, 0.1) is 7.11 Å². The van der Waals surface area contributed by atoms with Gasteiger partial charge in [-0.2, -0.15) is 4.31 Å². The molecule has 1 saturated heterocycles. The summed E-state index contributed by atoms with van der Waals surface area (Å²) in [6, 6.07) is 4.38. The molecule has 1 aliphatic rings. The molecule has 2 N–H and O–H groups in total. The molecule has 2 unspecified atom stereocenters. The van der Waals surface area contributed by atoms with Gasteiger partial charge in [0, 0.05) is 30.2 Å². The Balaban J connectivity index is 2.46. The van der Waals surface area contributed by atoms with Crippen LogP contribution in [-0.4, -0.2) is 39.0 Å². The Labute approximate surface area is 131 Å². The highest BCUT2D eigenvalue weighted by atomic mass is 35.5. The third kappa shape index (κ3) is 3.18. The van der Waals surface area contributed by atoms with Gasteiger partial charge in [-0.1, -0.05) is 18.5 Å². The predicted molar refractivity (Wildman–Crippen MR) is 83.1 cm³/mol. The van der Waals surface area contributed by atoms with E-state index in [1.807, 2.05) is 6.92 Å². The Hall–Kier alpha value is -0.820. The fraction of sp³-hybridized carbons (Fsp3) is 0.571. The summed E-state index contributed by atoms with van der Waals surface area (Å²) in [4.78, 5) is 0.141. The molecule has 1 aromatic carbocycles. The van der Waals surface area contributed by atoms with Gasteiger partial charge in [0.15, 0.2) is 0 Å². The molecule has 0 amide bonds. The van der Waals surface area contributed by atoms with Crippen molar-refractivity contribution in [2.24, 2.45) is 11.7 Å². The summed E-state index contributed by atoms with van der Waals surface area (Å²) in [6.45, 7) is 2.84. The summed E-state index contributed by atoms with van der Waals surface area (Å²) >= 11 is 5.90. The number of sulfonamides is 1. The summed E-state index contributed by atoms with van der Waals surface area (Å²) in [5.41, 5.74) is 5.80. The van der Waals surface area contributed by atoms with Crippen LogP contribution in [0.3, 0.4) is 0 Å². The second kappa shape index (κ2) is 6.52. The van der Waals surface area contributed by atoms with Gasteiger partial charge in [-0.05, 0) is 30.9 Å². The molecule has 2 rings (SSSR count). The molecule has 2 atom stereocenters. The maximum atomic E-state index is 12.9. The van der Waals surface area contributed by atoms with Crippen molar-refractivity contribution in [2.75, 3.05) is 20.2 Å². The van der Waals surface area contributed by atoms with Gasteiger partial charge in [-0.3, -0.25) is 0 Å². The SMILES string of the molecule is COc1cc(Cl)ccc1S(=O)(=O)N1CCCC(C)C1CN. The highest BCUT2D eigenvalue weighted by Crippen LogP contribution is 2.34. The van der Waals surface area contributed by atoms with Crippen LogP contribution in [0.5, 0.6) is 5.75 Å². The lowest BCUT2D eigenvalue weighted by atomic mass is 9.93. The van der Waals surface area contributed by atoms with Gasteiger partial charge in [0.1, 0.15) is 10.6 Å². The Morgan fingerprint density at radius 3 is 2.81 bits per heavy atom. The number of nitrogens with zero attached hydrogens (tertiary/aromatic N) is 1. The molecule has 0 aliphatic carbocycles. The molecule has 1 aliphatic heterocycles. The van der Waals surface area contributed by atoms with Crippen molar-refractivity contribution < 1.29 is 13.2 Å². The Morgan fingerprint density at radius 2 is 2.19 bits per heavy atom. The maximum Gasteiger partial charge on any atom is 0.247 e. The molecule has 0 spiro atoms. The van der Waals surface area contributed by atoms with E-state index in [-0.39, 0.29) is 22.6 Å². The number of hydrogen-bond acceptors (Lipinski definition) is 4. The molecule has 1 heterocycles. The summed E-state index contributed by atoms with van der Waals surface area (Å²) in [7, 11) is -2.21. The van der Waals surface area contributed by atoms with Gasteiger partial charge < -0.3 is 10.5 Å². The minimum Gasteiger partial charge on any atom is -0.495 e. The first-order valence-electron chi connectivity index (χ1n) is 6.97. The molecule has 21 heavy (non-hydrogen) atoms. The maximum absolute atomic E-state index is 12.9. The molecule has 0 radical (unpaired) electrons. The zero-order valence-electron chi connectivity index (χ0n) is 12.3. The highest BCUT2D eigenvalue weighted by Gasteiger charge is 2.37. The van der Waals surface area contributed by atoms with Crippen LogP contribution in [0.15, 0.2) is 23.1 Å². The fourth-order valence-corrected chi connectivity index (χ4v) is 4.91. The molecular formula is C14H21ClN2O3S. The lowest BCUT2D eigenvalue weighted by Crippen LogP contribution is -2.51. The van der Waals surface area contributed by atoms with Crippen LogP contribution in [0.2, 0.25) is 5.02 Å². The summed E-state index contributed by atoms with van der Waals surface area (Å²) < 4.78 is 32.6. The second-order valence-electron chi connectivity index (χ2n) is 5.33. The molecule has 0 bridgehead atoms. The van der Waals surface area contributed by atoms with Crippen LogP contribution >= 0.6 is 11.6 Å². The number of ether oxygens (including phenoxy) is 1. The van der Waals surface area contributed by atoms with Crippen molar-refractivity contribution in [2.45, 2.75) is 30.7 Å². The minimum absolute atomic E-state index is 0.141. The quantitative estimate of drug-likeness (QED) is 0.916. The highest BCUT2D eigenvalue weighted by molar-refractivity contribution is 7.89. The van der Waals surface area contributed by atoms with Crippen LogP contribution in [0.1, 0.15) is 19.8 Å². The molecule has 118 valence electrons. The van der Waals surface area contributed by atoms with E-state index in [4.69, 9.17) is 22.1 Å². The second-order valence-corrected chi connectivity index (χ2v) is 7.63. The van der Waals surface area contributed by atoms with E-state index in [1.165, 1.54) is 23.5 Å². The summed E-state index contributed by atoms with van der Waals surface area (Å²) in [6.07, 6.45) is 1.83. The fourth-order valence-electron chi connectivity index (χ4n) is 2.84. The Bertz CT molecular complexity index is 606. The van der Waals surface area contributed by atoms with Crippen molar-refractivity contribution >= 4 is 21.6 Å². The number of nitrogens with two attached hydrogens (primary N) is 1.